The summed E-state index contributed by atoms with van der Waals surface area (Å²) >= 11 is 0. The molecule has 0 saturated carbocycles. The van der Waals surface area contributed by atoms with Crippen LogP contribution in [0.2, 0.25) is 0 Å². The molecule has 0 radical (unpaired) electrons. The number of rotatable bonds is 9. The number of benzene rings is 2. The third-order valence-electron chi connectivity index (χ3n) is 4.70. The molecule has 0 amide bonds. The molecular weight excluding hydrogens is 402 g/mol. The standard InChI is InChI=1S/C23H23NO7/c1-14-18(15(2)31-24-14)12-29-20-8-6-5-7-17(20)23(26)30-13-19(25)16-9-10-21(27-3)22(11-16)28-4/h5-11H,12-13H2,1-4H3. The van der Waals surface area contributed by atoms with Gasteiger partial charge in [-0.2, -0.15) is 0 Å². The summed E-state index contributed by atoms with van der Waals surface area (Å²) in [7, 11) is 2.98. The van der Waals surface area contributed by atoms with Crippen LogP contribution in [0.3, 0.4) is 0 Å². The van der Waals surface area contributed by atoms with Crippen molar-refractivity contribution in [3.05, 3.63) is 70.6 Å². The monoisotopic (exact) mass is 425 g/mol. The van der Waals surface area contributed by atoms with Gasteiger partial charge in [0.05, 0.1) is 25.5 Å². The second-order valence-corrected chi connectivity index (χ2v) is 6.66. The van der Waals surface area contributed by atoms with Crippen LogP contribution >= 0.6 is 0 Å². The summed E-state index contributed by atoms with van der Waals surface area (Å²) in [6, 6.07) is 11.4. The van der Waals surface area contributed by atoms with Crippen molar-refractivity contribution < 1.29 is 33.1 Å². The van der Waals surface area contributed by atoms with Crippen molar-refractivity contribution in [2.24, 2.45) is 0 Å². The number of nitrogens with zero attached hydrogens (tertiary/aromatic N) is 1. The van der Waals surface area contributed by atoms with Crippen molar-refractivity contribution in [3.63, 3.8) is 0 Å². The molecule has 2 aromatic carbocycles. The Hall–Kier alpha value is -3.81. The van der Waals surface area contributed by atoms with E-state index in [2.05, 4.69) is 5.16 Å². The van der Waals surface area contributed by atoms with E-state index >= 15 is 0 Å². The molecule has 3 aromatic rings. The maximum atomic E-state index is 12.6. The highest BCUT2D eigenvalue weighted by atomic mass is 16.5. The lowest BCUT2D eigenvalue weighted by atomic mass is 10.1. The molecule has 0 spiro atoms. The van der Waals surface area contributed by atoms with Gasteiger partial charge in [0.25, 0.3) is 0 Å². The number of methoxy groups -OCH3 is 2. The molecule has 8 nitrogen and oxygen atoms in total. The van der Waals surface area contributed by atoms with E-state index in [0.29, 0.717) is 28.6 Å². The van der Waals surface area contributed by atoms with Gasteiger partial charge in [-0.15, -0.1) is 0 Å². The second-order valence-electron chi connectivity index (χ2n) is 6.66. The normalized spacial score (nSPS) is 10.5. The topological polar surface area (TPSA) is 97.1 Å². The Balaban J connectivity index is 1.66. The van der Waals surface area contributed by atoms with E-state index in [-0.39, 0.29) is 18.0 Å². The molecule has 1 aromatic heterocycles. The molecule has 8 heteroatoms. The molecule has 0 atom stereocenters. The lowest BCUT2D eigenvalue weighted by Gasteiger charge is -2.12. The Labute approximate surface area is 179 Å². The lowest BCUT2D eigenvalue weighted by molar-refractivity contribution is 0.0470. The Morgan fingerprint density at radius 3 is 2.39 bits per heavy atom. The first kappa shape index (κ1) is 21.9. The largest absolute Gasteiger partial charge is 0.493 e. The predicted octanol–water partition coefficient (Wildman–Crippen LogP) is 3.93. The number of aromatic nitrogens is 1. The molecule has 0 unspecified atom stereocenters. The molecule has 0 bridgehead atoms. The SMILES string of the molecule is COc1ccc(C(=O)COC(=O)c2ccccc2OCc2c(C)noc2C)cc1OC. The molecule has 1 heterocycles. The zero-order valence-corrected chi connectivity index (χ0v) is 17.8. The van der Waals surface area contributed by atoms with Crippen LogP contribution in [0.15, 0.2) is 47.0 Å². The Kier molecular flexibility index (Phi) is 6.92. The number of hydrogen-bond donors (Lipinski definition) is 0. The summed E-state index contributed by atoms with van der Waals surface area (Å²) < 4.78 is 26.5. The van der Waals surface area contributed by atoms with Crippen LogP contribution < -0.4 is 14.2 Å². The summed E-state index contributed by atoms with van der Waals surface area (Å²) in [5, 5.41) is 3.89. The zero-order chi connectivity index (χ0) is 22.4. The average molecular weight is 425 g/mol. The summed E-state index contributed by atoms with van der Waals surface area (Å²) in [6.07, 6.45) is 0. The summed E-state index contributed by atoms with van der Waals surface area (Å²) in [4.78, 5) is 25.1. The predicted molar refractivity (Wildman–Crippen MR) is 111 cm³/mol. The summed E-state index contributed by atoms with van der Waals surface area (Å²) in [6.45, 7) is 3.37. The van der Waals surface area contributed by atoms with Crippen molar-refractivity contribution in [1.82, 2.24) is 5.16 Å². The van der Waals surface area contributed by atoms with Crippen LogP contribution in [0.4, 0.5) is 0 Å². The van der Waals surface area contributed by atoms with E-state index in [1.54, 1.807) is 43.3 Å². The van der Waals surface area contributed by atoms with Gasteiger partial charge in [-0.25, -0.2) is 4.79 Å². The van der Waals surface area contributed by atoms with Gasteiger partial charge in [-0.05, 0) is 44.2 Å². The number of ether oxygens (including phenoxy) is 4. The van der Waals surface area contributed by atoms with Crippen LogP contribution in [-0.2, 0) is 11.3 Å². The molecule has 0 saturated heterocycles. The average Bonchev–Trinajstić information content (AvgIpc) is 3.12. The van der Waals surface area contributed by atoms with Crippen LogP contribution in [0.25, 0.3) is 0 Å². The van der Waals surface area contributed by atoms with E-state index in [9.17, 15) is 9.59 Å². The number of ketones is 1. The van der Waals surface area contributed by atoms with Crippen LogP contribution in [-0.4, -0.2) is 37.7 Å². The van der Waals surface area contributed by atoms with Gasteiger partial charge in [0.1, 0.15) is 23.7 Å². The number of esters is 1. The highest BCUT2D eigenvalue weighted by Crippen LogP contribution is 2.28. The second kappa shape index (κ2) is 9.80. The number of hydrogen-bond acceptors (Lipinski definition) is 8. The van der Waals surface area contributed by atoms with Crippen molar-refractivity contribution >= 4 is 11.8 Å². The molecular formula is C23H23NO7. The van der Waals surface area contributed by atoms with E-state index < -0.39 is 12.6 Å². The third-order valence-corrected chi connectivity index (χ3v) is 4.70. The fourth-order valence-electron chi connectivity index (χ4n) is 2.92. The van der Waals surface area contributed by atoms with E-state index in [4.69, 9.17) is 23.5 Å². The maximum absolute atomic E-state index is 12.6. The minimum atomic E-state index is -0.664. The first-order chi connectivity index (χ1) is 14.9. The van der Waals surface area contributed by atoms with Gasteiger partial charge in [-0.3, -0.25) is 4.79 Å². The van der Waals surface area contributed by atoms with Crippen LogP contribution in [0.1, 0.15) is 37.7 Å². The number of carbonyl (C=O) groups is 2. The van der Waals surface area contributed by atoms with Crippen molar-refractivity contribution in [2.45, 2.75) is 20.5 Å². The van der Waals surface area contributed by atoms with Crippen molar-refractivity contribution in [2.75, 3.05) is 20.8 Å². The van der Waals surface area contributed by atoms with Gasteiger partial charge >= 0.3 is 5.97 Å². The number of Topliss-reactive ketones (excluding diaryl/α,β-unsaturated/α-hetero) is 1. The number of aryl methyl sites for hydroxylation is 2. The van der Waals surface area contributed by atoms with E-state index in [0.717, 1.165) is 11.3 Å². The minimum absolute atomic E-state index is 0.191. The van der Waals surface area contributed by atoms with Gasteiger partial charge in [-0.1, -0.05) is 17.3 Å². The fraction of sp³-hybridized carbons (Fsp3) is 0.261. The molecule has 31 heavy (non-hydrogen) atoms. The van der Waals surface area contributed by atoms with Gasteiger partial charge < -0.3 is 23.5 Å². The fourth-order valence-corrected chi connectivity index (χ4v) is 2.92. The molecule has 0 N–H and O–H groups in total. The van der Waals surface area contributed by atoms with Gasteiger partial charge in [0.15, 0.2) is 23.9 Å². The Morgan fingerprint density at radius 1 is 0.968 bits per heavy atom. The maximum Gasteiger partial charge on any atom is 0.342 e. The van der Waals surface area contributed by atoms with E-state index in [1.165, 1.54) is 20.3 Å². The summed E-state index contributed by atoms with van der Waals surface area (Å²) in [5.74, 6) is 0.869. The molecule has 0 aliphatic heterocycles. The molecule has 0 fully saturated rings. The number of para-hydroxylation sites is 1. The minimum Gasteiger partial charge on any atom is -0.493 e. The summed E-state index contributed by atoms with van der Waals surface area (Å²) in [5.41, 5.74) is 2.09. The van der Waals surface area contributed by atoms with Gasteiger partial charge in [0.2, 0.25) is 0 Å². The highest BCUT2D eigenvalue weighted by molar-refractivity contribution is 6.00. The van der Waals surface area contributed by atoms with E-state index in [1.807, 2.05) is 6.92 Å². The van der Waals surface area contributed by atoms with Crippen LogP contribution in [0.5, 0.6) is 17.2 Å². The first-order valence-corrected chi connectivity index (χ1v) is 9.50. The number of carbonyl (C=O) groups excluding carboxylic acids is 2. The molecule has 3 rings (SSSR count). The highest BCUT2D eigenvalue weighted by Gasteiger charge is 2.18. The van der Waals surface area contributed by atoms with Crippen LogP contribution in [0, 0.1) is 13.8 Å². The van der Waals surface area contributed by atoms with Gasteiger partial charge in [0, 0.05) is 5.56 Å². The molecule has 0 aliphatic carbocycles. The molecule has 0 aliphatic rings. The quantitative estimate of drug-likeness (QED) is 0.376. The van der Waals surface area contributed by atoms with Crippen molar-refractivity contribution in [3.8, 4) is 17.2 Å². The Morgan fingerprint density at radius 2 is 1.71 bits per heavy atom. The third kappa shape index (κ3) is 5.03. The lowest BCUT2D eigenvalue weighted by Crippen LogP contribution is -2.15. The van der Waals surface area contributed by atoms with Crippen molar-refractivity contribution in [1.29, 1.82) is 0 Å². The Bertz CT molecular complexity index is 1070. The zero-order valence-electron chi connectivity index (χ0n) is 17.8. The first-order valence-electron chi connectivity index (χ1n) is 9.50. The smallest absolute Gasteiger partial charge is 0.342 e. The molecule has 162 valence electrons.